The molecule has 5 rings (SSSR count). The van der Waals surface area contributed by atoms with Gasteiger partial charge in [-0.3, -0.25) is 9.80 Å². The number of likely N-dealkylation sites (tertiary alicyclic amines) is 1. The van der Waals surface area contributed by atoms with Gasteiger partial charge in [0.2, 0.25) is 5.91 Å². The predicted octanol–water partition coefficient (Wildman–Crippen LogP) is 5.11. The van der Waals surface area contributed by atoms with Crippen LogP contribution in [0.3, 0.4) is 0 Å². The Morgan fingerprint density at radius 2 is 2.00 bits per heavy atom. The van der Waals surface area contributed by atoms with Crippen LogP contribution in [0, 0.1) is 19.8 Å². The minimum atomic E-state index is -0.584. The SMILES string of the molecule is CCN1N=C([C@@H]2C[C@@H](O)CN2C(=O)[C@@H](c2cc(C)no2)C(C)C)C[C@@]1(C)c1ccc(-c2scnc2C)cc1. The topological polar surface area (TPSA) is 95.1 Å². The Balaban J connectivity index is 1.41. The third-order valence-electron chi connectivity index (χ3n) is 7.99. The molecule has 1 amide bonds. The number of hydrazone groups is 1. The molecule has 1 N–H and O–H groups in total. The quantitative estimate of drug-likeness (QED) is 0.452. The normalized spacial score (nSPS) is 24.4. The number of amides is 1. The van der Waals surface area contributed by atoms with Crippen molar-refractivity contribution in [2.45, 2.75) is 78.0 Å². The number of rotatable bonds is 7. The highest BCUT2D eigenvalue weighted by Gasteiger charge is 2.47. The third-order valence-corrected chi connectivity index (χ3v) is 8.97. The first-order valence-electron chi connectivity index (χ1n) is 13.4. The van der Waals surface area contributed by atoms with Crippen molar-refractivity contribution in [2.75, 3.05) is 13.1 Å². The fraction of sp³-hybridized carbons (Fsp3) is 0.517. The van der Waals surface area contributed by atoms with E-state index in [0.717, 1.165) is 29.2 Å². The molecule has 0 spiro atoms. The number of carbonyl (C=O) groups excluding carboxylic acids is 1. The van der Waals surface area contributed by atoms with Gasteiger partial charge in [0.05, 0.1) is 45.2 Å². The first-order valence-corrected chi connectivity index (χ1v) is 14.3. The summed E-state index contributed by atoms with van der Waals surface area (Å²) in [5.74, 6) is 0.105. The second-order valence-electron chi connectivity index (χ2n) is 11.1. The second-order valence-corrected chi connectivity index (χ2v) is 11.9. The Morgan fingerprint density at radius 3 is 2.58 bits per heavy atom. The molecule has 4 heterocycles. The number of nitrogens with zero attached hydrogens (tertiary/aromatic N) is 5. The van der Waals surface area contributed by atoms with Crippen LogP contribution in [0.25, 0.3) is 10.4 Å². The summed E-state index contributed by atoms with van der Waals surface area (Å²) in [7, 11) is 0. The van der Waals surface area contributed by atoms with Gasteiger partial charge in [-0.2, -0.15) is 5.10 Å². The summed E-state index contributed by atoms with van der Waals surface area (Å²) in [4.78, 5) is 21.3. The van der Waals surface area contributed by atoms with Crippen molar-refractivity contribution in [1.29, 1.82) is 0 Å². The predicted molar refractivity (Wildman–Crippen MR) is 149 cm³/mol. The van der Waals surface area contributed by atoms with E-state index < -0.39 is 12.0 Å². The summed E-state index contributed by atoms with van der Waals surface area (Å²) < 4.78 is 5.52. The molecule has 8 nitrogen and oxygen atoms in total. The molecular weight excluding hydrogens is 498 g/mol. The number of carbonyl (C=O) groups is 1. The van der Waals surface area contributed by atoms with E-state index in [0.29, 0.717) is 25.1 Å². The van der Waals surface area contributed by atoms with Crippen LogP contribution in [0.15, 0.2) is 45.5 Å². The van der Waals surface area contributed by atoms with Gasteiger partial charge in [-0.05, 0) is 44.7 Å². The summed E-state index contributed by atoms with van der Waals surface area (Å²) in [5, 5.41) is 21.9. The Hall–Kier alpha value is -3.04. The zero-order valence-electron chi connectivity index (χ0n) is 23.0. The highest BCUT2D eigenvalue weighted by Crippen LogP contribution is 2.41. The highest BCUT2D eigenvalue weighted by molar-refractivity contribution is 7.13. The lowest BCUT2D eigenvalue weighted by atomic mass is 9.84. The summed E-state index contributed by atoms with van der Waals surface area (Å²) in [6.45, 7) is 13.3. The maximum atomic E-state index is 13.9. The van der Waals surface area contributed by atoms with Crippen molar-refractivity contribution in [3.8, 4) is 10.4 Å². The fourth-order valence-corrected chi connectivity index (χ4v) is 6.79. The van der Waals surface area contributed by atoms with Crippen molar-refractivity contribution in [1.82, 2.24) is 20.0 Å². The molecule has 0 radical (unpaired) electrons. The van der Waals surface area contributed by atoms with Gasteiger partial charge in [-0.15, -0.1) is 11.3 Å². The van der Waals surface area contributed by atoms with Crippen molar-refractivity contribution >= 4 is 23.0 Å². The number of hydrogen-bond acceptors (Lipinski definition) is 8. The number of β-amino-alcohol motifs (C(OH)–C–C–N with tert-alkyl or cyclic N) is 1. The zero-order chi connectivity index (χ0) is 27.2. The lowest BCUT2D eigenvalue weighted by Crippen LogP contribution is -2.44. The molecule has 1 fully saturated rings. The van der Waals surface area contributed by atoms with Gasteiger partial charge in [0.25, 0.3) is 0 Å². The second kappa shape index (κ2) is 10.3. The molecule has 3 aromatic rings. The minimum Gasteiger partial charge on any atom is -0.391 e. The Morgan fingerprint density at radius 1 is 1.26 bits per heavy atom. The first-order chi connectivity index (χ1) is 18.1. The number of thiazole rings is 1. The number of aliphatic hydroxyl groups excluding tert-OH is 1. The summed E-state index contributed by atoms with van der Waals surface area (Å²) >= 11 is 1.65. The number of benzene rings is 1. The highest BCUT2D eigenvalue weighted by atomic mass is 32.1. The molecule has 0 bridgehead atoms. The van der Waals surface area contributed by atoms with Crippen molar-refractivity contribution in [3.05, 3.63) is 58.6 Å². The third kappa shape index (κ3) is 4.66. The van der Waals surface area contributed by atoms with Crippen LogP contribution in [0.4, 0.5) is 0 Å². The molecule has 0 aliphatic carbocycles. The number of aryl methyl sites for hydroxylation is 2. The Kier molecular flexibility index (Phi) is 7.17. The largest absolute Gasteiger partial charge is 0.391 e. The van der Waals surface area contributed by atoms with Crippen molar-refractivity contribution in [2.24, 2.45) is 11.0 Å². The first kappa shape index (κ1) is 26.6. The molecular formula is C29H37N5O3S. The molecule has 2 aliphatic heterocycles. The summed E-state index contributed by atoms with van der Waals surface area (Å²) in [6, 6.07) is 10.3. The molecule has 0 unspecified atom stereocenters. The van der Waals surface area contributed by atoms with Gasteiger partial charge in [0.1, 0.15) is 11.7 Å². The summed E-state index contributed by atoms with van der Waals surface area (Å²) in [5.41, 5.74) is 6.62. The molecule has 2 aromatic heterocycles. The van der Waals surface area contributed by atoms with E-state index in [1.54, 1.807) is 11.3 Å². The monoisotopic (exact) mass is 535 g/mol. The van der Waals surface area contributed by atoms with E-state index in [-0.39, 0.29) is 23.4 Å². The molecule has 1 saturated heterocycles. The van der Waals surface area contributed by atoms with Crippen LogP contribution in [-0.2, 0) is 10.3 Å². The fourth-order valence-electron chi connectivity index (χ4n) is 5.98. The van der Waals surface area contributed by atoms with E-state index in [9.17, 15) is 9.90 Å². The van der Waals surface area contributed by atoms with Gasteiger partial charge in [-0.25, -0.2) is 4.98 Å². The van der Waals surface area contributed by atoms with Gasteiger partial charge < -0.3 is 14.5 Å². The zero-order valence-corrected chi connectivity index (χ0v) is 23.8. The average molecular weight is 536 g/mol. The molecule has 2 aliphatic rings. The van der Waals surface area contributed by atoms with Gasteiger partial charge in [0.15, 0.2) is 0 Å². The van der Waals surface area contributed by atoms with Crippen molar-refractivity contribution in [3.63, 3.8) is 0 Å². The van der Waals surface area contributed by atoms with Gasteiger partial charge in [0, 0.05) is 32.0 Å². The van der Waals surface area contributed by atoms with E-state index >= 15 is 0 Å². The van der Waals surface area contributed by atoms with Crippen LogP contribution in [0.1, 0.15) is 69.2 Å². The molecule has 1 aromatic carbocycles. The van der Waals surface area contributed by atoms with E-state index in [1.807, 2.05) is 44.2 Å². The Labute approximate surface area is 228 Å². The summed E-state index contributed by atoms with van der Waals surface area (Å²) in [6.07, 6.45) is 0.594. The maximum absolute atomic E-state index is 13.9. The van der Waals surface area contributed by atoms with Crippen LogP contribution in [-0.4, -0.2) is 62.0 Å². The smallest absolute Gasteiger partial charge is 0.234 e. The molecule has 0 saturated carbocycles. The number of aliphatic hydroxyl groups is 1. The van der Waals surface area contributed by atoms with Gasteiger partial charge >= 0.3 is 0 Å². The van der Waals surface area contributed by atoms with E-state index in [2.05, 4.69) is 53.3 Å². The van der Waals surface area contributed by atoms with Crippen LogP contribution >= 0.6 is 11.3 Å². The van der Waals surface area contributed by atoms with Crippen LogP contribution in [0.5, 0.6) is 0 Å². The standard InChI is InChI=1S/C29H37N5O3S/c1-7-34-29(6,21-10-8-20(9-11-21)27-19(5)30-16-38-27)14-23(31-34)24-13-22(35)15-33(24)28(36)26(17(2)3)25-12-18(4)32-37-25/h8-12,16-17,22,24,26,35H,7,13-15H2,1-6H3/t22-,24+,26-,29+/m1/s1. The maximum Gasteiger partial charge on any atom is 0.234 e. The number of aromatic nitrogens is 2. The Bertz CT molecular complexity index is 1330. The molecule has 4 atom stereocenters. The van der Waals surface area contributed by atoms with Crippen LogP contribution in [0.2, 0.25) is 0 Å². The van der Waals surface area contributed by atoms with E-state index in [1.165, 1.54) is 10.4 Å². The number of hydrogen-bond donors (Lipinski definition) is 1. The van der Waals surface area contributed by atoms with Gasteiger partial charge in [-0.1, -0.05) is 43.3 Å². The lowest BCUT2D eigenvalue weighted by Gasteiger charge is -2.34. The van der Waals surface area contributed by atoms with E-state index in [4.69, 9.17) is 9.62 Å². The average Bonchev–Trinajstić information content (AvgIpc) is 3.66. The van der Waals surface area contributed by atoms with Crippen molar-refractivity contribution < 1.29 is 14.4 Å². The van der Waals surface area contributed by atoms with Crippen LogP contribution < -0.4 is 0 Å². The lowest BCUT2D eigenvalue weighted by molar-refractivity contribution is -0.134. The molecule has 9 heteroatoms. The molecule has 202 valence electrons. The minimum absolute atomic E-state index is 0.0249. The molecule has 38 heavy (non-hydrogen) atoms.